The van der Waals surface area contributed by atoms with Gasteiger partial charge in [-0.1, -0.05) is 18.2 Å². The van der Waals surface area contributed by atoms with E-state index >= 15 is 0 Å². The first-order chi connectivity index (χ1) is 9.72. The van der Waals surface area contributed by atoms with Gasteiger partial charge >= 0.3 is 5.97 Å². The smallest absolute Gasteiger partial charge is 0.356 e. The molecule has 0 atom stereocenters. The number of benzene rings is 1. The molecule has 0 saturated heterocycles. The third kappa shape index (κ3) is 2.44. The van der Waals surface area contributed by atoms with Crippen molar-refractivity contribution in [3.63, 3.8) is 0 Å². The highest BCUT2D eigenvalue weighted by Gasteiger charge is 2.09. The van der Waals surface area contributed by atoms with Crippen molar-refractivity contribution in [3.05, 3.63) is 60.3 Å². The van der Waals surface area contributed by atoms with E-state index in [0.717, 1.165) is 5.75 Å². The molecule has 6 nitrogen and oxygen atoms in total. The Balaban J connectivity index is 1.80. The van der Waals surface area contributed by atoms with Gasteiger partial charge in [-0.25, -0.2) is 14.8 Å². The predicted octanol–water partition coefficient (Wildman–Crippen LogP) is 2.01. The number of fused-ring (bicyclic) bond motifs is 1. The lowest BCUT2D eigenvalue weighted by atomic mass is 10.3. The van der Waals surface area contributed by atoms with Crippen LogP contribution in [0.1, 0.15) is 16.2 Å². The molecule has 0 bridgehead atoms. The van der Waals surface area contributed by atoms with E-state index in [2.05, 4.69) is 9.97 Å². The number of imidazole rings is 1. The minimum atomic E-state index is -1.06. The summed E-state index contributed by atoms with van der Waals surface area (Å²) < 4.78 is 7.14. The van der Waals surface area contributed by atoms with Crippen molar-refractivity contribution in [3.8, 4) is 5.75 Å². The average Bonchev–Trinajstić information content (AvgIpc) is 2.89. The molecule has 3 rings (SSSR count). The van der Waals surface area contributed by atoms with Gasteiger partial charge in [-0.15, -0.1) is 0 Å². The van der Waals surface area contributed by atoms with Gasteiger partial charge in [0, 0.05) is 12.3 Å². The van der Waals surface area contributed by atoms with Crippen molar-refractivity contribution in [2.45, 2.75) is 6.61 Å². The summed E-state index contributed by atoms with van der Waals surface area (Å²) in [6.45, 7) is 0.301. The van der Waals surface area contributed by atoms with Gasteiger partial charge in [-0.05, 0) is 12.1 Å². The first kappa shape index (κ1) is 12.2. The first-order valence-corrected chi connectivity index (χ1v) is 5.97. The van der Waals surface area contributed by atoms with Crippen LogP contribution in [0.25, 0.3) is 5.65 Å². The molecule has 0 fully saturated rings. The zero-order valence-corrected chi connectivity index (χ0v) is 10.4. The molecule has 1 aromatic carbocycles. The molecule has 0 aliphatic heterocycles. The molecule has 1 N–H and O–H groups in total. The Morgan fingerprint density at radius 3 is 2.85 bits per heavy atom. The van der Waals surface area contributed by atoms with Crippen molar-refractivity contribution in [2.24, 2.45) is 0 Å². The number of carboxylic acids is 1. The van der Waals surface area contributed by atoms with Crippen molar-refractivity contribution in [1.82, 2.24) is 14.4 Å². The second kappa shape index (κ2) is 5.00. The second-order valence-corrected chi connectivity index (χ2v) is 4.18. The number of ether oxygens (including phenoxy) is 1. The van der Waals surface area contributed by atoms with Gasteiger partial charge in [0.05, 0.1) is 5.69 Å². The summed E-state index contributed by atoms with van der Waals surface area (Å²) in [5, 5.41) is 8.89. The molecular formula is C14H11N3O3. The van der Waals surface area contributed by atoms with Crippen LogP contribution in [0.4, 0.5) is 0 Å². The number of hydrogen-bond donors (Lipinski definition) is 1. The Hall–Kier alpha value is -2.89. The lowest BCUT2D eigenvalue weighted by molar-refractivity contribution is 0.0691. The van der Waals surface area contributed by atoms with E-state index in [1.165, 1.54) is 12.5 Å². The van der Waals surface area contributed by atoms with Crippen molar-refractivity contribution < 1.29 is 14.6 Å². The monoisotopic (exact) mass is 269 g/mol. The Morgan fingerprint density at radius 1 is 1.30 bits per heavy atom. The largest absolute Gasteiger partial charge is 0.487 e. The zero-order valence-electron chi connectivity index (χ0n) is 10.4. The van der Waals surface area contributed by atoms with Crippen molar-refractivity contribution in [2.75, 3.05) is 0 Å². The van der Waals surface area contributed by atoms with E-state index in [-0.39, 0.29) is 5.69 Å². The fourth-order valence-corrected chi connectivity index (χ4v) is 1.79. The Kier molecular flexibility index (Phi) is 3.04. The maximum absolute atomic E-state index is 10.8. The summed E-state index contributed by atoms with van der Waals surface area (Å²) in [5.74, 6) is -0.306. The molecule has 0 radical (unpaired) electrons. The molecular weight excluding hydrogens is 258 g/mol. The van der Waals surface area contributed by atoms with Crippen LogP contribution in [-0.4, -0.2) is 25.4 Å². The minimum absolute atomic E-state index is 0.00655. The highest BCUT2D eigenvalue weighted by Crippen LogP contribution is 2.12. The van der Waals surface area contributed by atoms with Crippen molar-refractivity contribution >= 4 is 11.6 Å². The van der Waals surface area contributed by atoms with Crippen LogP contribution < -0.4 is 4.74 Å². The van der Waals surface area contributed by atoms with Crippen LogP contribution in [0, 0.1) is 0 Å². The first-order valence-electron chi connectivity index (χ1n) is 5.97. The van der Waals surface area contributed by atoms with Crippen LogP contribution in [-0.2, 0) is 6.61 Å². The second-order valence-electron chi connectivity index (χ2n) is 4.18. The molecule has 0 unspecified atom stereocenters. The fourth-order valence-electron chi connectivity index (χ4n) is 1.79. The van der Waals surface area contributed by atoms with E-state index in [1.807, 2.05) is 30.3 Å². The average molecular weight is 269 g/mol. The van der Waals surface area contributed by atoms with E-state index in [9.17, 15) is 4.79 Å². The lowest BCUT2D eigenvalue weighted by Crippen LogP contribution is -1.99. The Bertz CT molecular complexity index is 753. The number of para-hydroxylation sites is 1. The molecule has 2 heterocycles. The highest BCUT2D eigenvalue weighted by molar-refractivity contribution is 5.86. The standard InChI is InChI=1S/C14H11N3O3/c18-14(19)12-7-17-9-15-10(6-13(17)16-12)8-20-11-4-2-1-3-5-11/h1-7,9H,8H2,(H,18,19). The number of aromatic nitrogens is 3. The zero-order chi connectivity index (χ0) is 13.9. The van der Waals surface area contributed by atoms with Crippen LogP contribution in [0.15, 0.2) is 48.9 Å². The SMILES string of the molecule is O=C(O)c1cn2cnc(COc3ccccc3)cc2n1. The molecule has 3 aromatic rings. The summed E-state index contributed by atoms with van der Waals surface area (Å²) in [4.78, 5) is 19.0. The molecule has 6 heteroatoms. The predicted molar refractivity (Wildman–Crippen MR) is 70.7 cm³/mol. The number of carbonyl (C=O) groups is 1. The summed E-state index contributed by atoms with van der Waals surface area (Å²) >= 11 is 0. The lowest BCUT2D eigenvalue weighted by Gasteiger charge is -2.05. The maximum atomic E-state index is 10.8. The quantitative estimate of drug-likeness (QED) is 0.784. The number of rotatable bonds is 4. The topological polar surface area (TPSA) is 76.7 Å². The van der Waals surface area contributed by atoms with E-state index in [4.69, 9.17) is 9.84 Å². The number of carboxylic acid groups (broad SMARTS) is 1. The van der Waals surface area contributed by atoms with Gasteiger partial charge < -0.3 is 9.84 Å². The summed E-state index contributed by atoms with van der Waals surface area (Å²) in [5.41, 5.74) is 1.21. The summed E-state index contributed by atoms with van der Waals surface area (Å²) in [7, 11) is 0. The Labute approximate surface area is 114 Å². The summed E-state index contributed by atoms with van der Waals surface area (Å²) in [6.07, 6.45) is 2.95. The van der Waals surface area contributed by atoms with Crippen molar-refractivity contribution in [1.29, 1.82) is 0 Å². The fraction of sp³-hybridized carbons (Fsp3) is 0.0714. The number of aromatic carboxylic acids is 1. The summed E-state index contributed by atoms with van der Waals surface area (Å²) in [6, 6.07) is 11.1. The maximum Gasteiger partial charge on any atom is 0.356 e. The van der Waals surface area contributed by atoms with Gasteiger partial charge in [0.2, 0.25) is 0 Å². The highest BCUT2D eigenvalue weighted by atomic mass is 16.5. The van der Waals surface area contributed by atoms with Gasteiger partial charge in [0.1, 0.15) is 24.3 Å². The molecule has 20 heavy (non-hydrogen) atoms. The number of hydrogen-bond acceptors (Lipinski definition) is 4. The van der Waals surface area contributed by atoms with Gasteiger partial charge in [-0.2, -0.15) is 0 Å². The van der Waals surface area contributed by atoms with Crippen LogP contribution in [0.3, 0.4) is 0 Å². The van der Waals surface area contributed by atoms with Gasteiger partial charge in [0.25, 0.3) is 0 Å². The molecule has 0 aliphatic carbocycles. The molecule has 0 aliphatic rings. The molecule has 0 amide bonds. The van der Waals surface area contributed by atoms with E-state index in [1.54, 1.807) is 10.5 Å². The molecule has 2 aromatic heterocycles. The molecule has 0 spiro atoms. The van der Waals surface area contributed by atoms with Crippen LogP contribution in [0.5, 0.6) is 5.75 Å². The van der Waals surface area contributed by atoms with Gasteiger partial charge in [-0.3, -0.25) is 4.40 Å². The normalized spacial score (nSPS) is 10.6. The third-order valence-electron chi connectivity index (χ3n) is 2.75. The van der Waals surface area contributed by atoms with E-state index < -0.39 is 5.97 Å². The molecule has 100 valence electrons. The van der Waals surface area contributed by atoms with Crippen LogP contribution in [0.2, 0.25) is 0 Å². The van der Waals surface area contributed by atoms with Gasteiger partial charge in [0.15, 0.2) is 5.69 Å². The Morgan fingerprint density at radius 2 is 2.10 bits per heavy atom. The minimum Gasteiger partial charge on any atom is -0.487 e. The molecule has 0 saturated carbocycles. The van der Waals surface area contributed by atoms with E-state index in [0.29, 0.717) is 17.9 Å². The third-order valence-corrected chi connectivity index (χ3v) is 2.75. The van der Waals surface area contributed by atoms with Crippen LogP contribution >= 0.6 is 0 Å². The number of nitrogens with zero attached hydrogens (tertiary/aromatic N) is 3.